The van der Waals surface area contributed by atoms with Crippen molar-refractivity contribution in [2.75, 3.05) is 0 Å². The number of halogens is 3. The fraction of sp³-hybridized carbons (Fsp3) is 0.167. The summed E-state index contributed by atoms with van der Waals surface area (Å²) in [5.41, 5.74) is -4.50. The number of hydrogen-bond acceptors (Lipinski definition) is 4. The highest BCUT2D eigenvalue weighted by Gasteiger charge is 2.48. The SMILES string of the molecule is O=S(=O)(Oc1ccc2cc(CS)ccc2c1)C(F)(F)F. The summed E-state index contributed by atoms with van der Waals surface area (Å²) in [4.78, 5) is 0. The maximum Gasteiger partial charge on any atom is 0.534 e. The molecule has 8 heteroatoms. The van der Waals surface area contributed by atoms with Crippen LogP contribution < -0.4 is 4.18 Å². The number of hydrogen-bond donors (Lipinski definition) is 1. The molecule has 20 heavy (non-hydrogen) atoms. The van der Waals surface area contributed by atoms with E-state index >= 15 is 0 Å². The Morgan fingerprint density at radius 2 is 1.65 bits per heavy atom. The van der Waals surface area contributed by atoms with Crippen LogP contribution in [0.1, 0.15) is 5.56 Å². The highest BCUT2D eigenvalue weighted by molar-refractivity contribution is 7.88. The van der Waals surface area contributed by atoms with Gasteiger partial charge >= 0.3 is 15.6 Å². The largest absolute Gasteiger partial charge is 0.534 e. The van der Waals surface area contributed by atoms with Crippen LogP contribution in [-0.2, 0) is 15.9 Å². The number of rotatable bonds is 3. The standard InChI is InChI=1S/C12H9F3O3S2/c13-12(14,15)20(16,17)18-11-4-3-9-5-8(7-19)1-2-10(9)6-11/h1-6,19H,7H2. The molecule has 0 N–H and O–H groups in total. The van der Waals surface area contributed by atoms with Crippen molar-refractivity contribution in [2.24, 2.45) is 0 Å². The summed E-state index contributed by atoms with van der Waals surface area (Å²) in [6, 6.07) is 9.12. The first-order chi connectivity index (χ1) is 9.23. The highest BCUT2D eigenvalue weighted by Crippen LogP contribution is 2.29. The Morgan fingerprint density at radius 1 is 1.05 bits per heavy atom. The minimum Gasteiger partial charge on any atom is -0.376 e. The van der Waals surface area contributed by atoms with Crippen molar-refractivity contribution >= 4 is 33.5 Å². The van der Waals surface area contributed by atoms with Crippen LogP contribution in [0.3, 0.4) is 0 Å². The third-order valence-corrected chi connectivity index (χ3v) is 3.89. The van der Waals surface area contributed by atoms with Crippen LogP contribution in [0.25, 0.3) is 10.8 Å². The van der Waals surface area contributed by atoms with E-state index < -0.39 is 15.6 Å². The molecule has 0 unspecified atom stereocenters. The average molecular weight is 322 g/mol. The third kappa shape index (κ3) is 3.01. The Labute approximate surface area is 118 Å². The molecule has 108 valence electrons. The predicted octanol–water partition coefficient (Wildman–Crippen LogP) is 3.50. The first kappa shape index (κ1) is 15.0. The van der Waals surface area contributed by atoms with Crippen LogP contribution in [0.4, 0.5) is 13.2 Å². The van der Waals surface area contributed by atoms with E-state index in [2.05, 4.69) is 16.8 Å². The van der Waals surface area contributed by atoms with Crippen molar-refractivity contribution in [3.63, 3.8) is 0 Å². The first-order valence-corrected chi connectivity index (χ1v) is 7.41. The van der Waals surface area contributed by atoms with Crippen molar-refractivity contribution in [3.05, 3.63) is 42.0 Å². The van der Waals surface area contributed by atoms with Gasteiger partial charge in [0.1, 0.15) is 5.75 Å². The summed E-state index contributed by atoms with van der Waals surface area (Å²) in [5.74, 6) is 0.143. The third-order valence-electron chi connectivity index (χ3n) is 2.55. The zero-order chi connectivity index (χ0) is 15.0. The lowest BCUT2D eigenvalue weighted by molar-refractivity contribution is -0.0500. The van der Waals surface area contributed by atoms with Crippen LogP contribution in [0.5, 0.6) is 5.75 Å². The monoisotopic (exact) mass is 322 g/mol. The van der Waals surface area contributed by atoms with Gasteiger partial charge in [0.25, 0.3) is 0 Å². The molecule has 2 rings (SSSR count). The van der Waals surface area contributed by atoms with E-state index in [1.165, 1.54) is 18.2 Å². The van der Waals surface area contributed by atoms with E-state index in [9.17, 15) is 21.6 Å². The molecule has 0 aliphatic carbocycles. The van der Waals surface area contributed by atoms with Gasteiger partial charge in [-0.15, -0.1) is 0 Å². The van der Waals surface area contributed by atoms with Crippen LogP contribution in [0.15, 0.2) is 36.4 Å². The summed E-state index contributed by atoms with van der Waals surface area (Å²) in [5, 5.41) is 1.33. The predicted molar refractivity (Wildman–Crippen MR) is 72.2 cm³/mol. The Balaban J connectivity index is 2.38. The molecule has 0 heterocycles. The second-order valence-electron chi connectivity index (χ2n) is 3.98. The lowest BCUT2D eigenvalue weighted by Crippen LogP contribution is -2.28. The van der Waals surface area contributed by atoms with Crippen molar-refractivity contribution < 1.29 is 25.8 Å². The Morgan fingerprint density at radius 3 is 2.25 bits per heavy atom. The maximum atomic E-state index is 12.2. The lowest BCUT2D eigenvalue weighted by atomic mass is 10.1. The topological polar surface area (TPSA) is 43.4 Å². The van der Waals surface area contributed by atoms with Crippen LogP contribution in [0, 0.1) is 0 Å². The minimum absolute atomic E-state index is 0.381. The van der Waals surface area contributed by atoms with Gasteiger partial charge in [0, 0.05) is 5.75 Å². The van der Waals surface area contributed by atoms with Crippen LogP contribution >= 0.6 is 12.6 Å². The molecule has 0 aliphatic heterocycles. The second-order valence-corrected chi connectivity index (χ2v) is 5.84. The molecule has 0 fully saturated rings. The molecule has 0 spiro atoms. The molecule has 0 aliphatic rings. The van der Waals surface area contributed by atoms with Gasteiger partial charge in [0.15, 0.2) is 0 Å². The smallest absolute Gasteiger partial charge is 0.376 e. The van der Waals surface area contributed by atoms with Gasteiger partial charge in [-0.3, -0.25) is 0 Å². The van der Waals surface area contributed by atoms with E-state index in [0.717, 1.165) is 10.9 Å². The summed E-state index contributed by atoms with van der Waals surface area (Å²) in [6.45, 7) is 0. The van der Waals surface area contributed by atoms with Gasteiger partial charge in [0.05, 0.1) is 0 Å². The second kappa shape index (κ2) is 5.17. The van der Waals surface area contributed by atoms with Crippen molar-refractivity contribution in [3.8, 4) is 5.75 Å². The van der Waals surface area contributed by atoms with Gasteiger partial charge in [-0.25, -0.2) is 0 Å². The maximum absolute atomic E-state index is 12.2. The molecular weight excluding hydrogens is 313 g/mol. The van der Waals surface area contributed by atoms with Crippen molar-refractivity contribution in [2.45, 2.75) is 11.3 Å². The average Bonchev–Trinajstić information content (AvgIpc) is 2.36. The molecule has 2 aromatic carbocycles. The van der Waals surface area contributed by atoms with Gasteiger partial charge in [-0.05, 0) is 28.5 Å². The van der Waals surface area contributed by atoms with Gasteiger partial charge in [0.2, 0.25) is 0 Å². The number of fused-ring (bicyclic) bond motifs is 1. The zero-order valence-corrected chi connectivity index (χ0v) is 11.6. The Hall–Kier alpha value is -1.41. The summed E-state index contributed by atoms with van der Waals surface area (Å²) >= 11 is 4.11. The normalized spacial score (nSPS) is 12.6. The van der Waals surface area contributed by atoms with Gasteiger partial charge < -0.3 is 4.18 Å². The van der Waals surface area contributed by atoms with E-state index in [1.807, 2.05) is 6.07 Å². The van der Waals surface area contributed by atoms with Gasteiger partial charge in [-0.1, -0.05) is 24.3 Å². The Bertz CT molecular complexity index is 739. The summed E-state index contributed by atoms with van der Waals surface area (Å²) < 4.78 is 62.5. The van der Waals surface area contributed by atoms with E-state index in [4.69, 9.17) is 0 Å². The van der Waals surface area contributed by atoms with Crippen molar-refractivity contribution in [1.29, 1.82) is 0 Å². The van der Waals surface area contributed by atoms with Crippen LogP contribution in [0.2, 0.25) is 0 Å². The minimum atomic E-state index is -5.64. The number of benzene rings is 2. The van der Waals surface area contributed by atoms with E-state index in [0.29, 0.717) is 11.1 Å². The van der Waals surface area contributed by atoms with E-state index in [1.54, 1.807) is 12.1 Å². The zero-order valence-electron chi connectivity index (χ0n) is 9.89. The molecule has 0 atom stereocenters. The Kier molecular flexibility index (Phi) is 3.88. The lowest BCUT2D eigenvalue weighted by Gasteiger charge is -2.10. The highest BCUT2D eigenvalue weighted by atomic mass is 32.2. The molecule has 0 amide bonds. The first-order valence-electron chi connectivity index (χ1n) is 5.37. The van der Waals surface area contributed by atoms with E-state index in [-0.39, 0.29) is 5.75 Å². The molecular formula is C12H9F3O3S2. The fourth-order valence-electron chi connectivity index (χ4n) is 1.60. The summed E-state index contributed by atoms with van der Waals surface area (Å²) in [6.07, 6.45) is 0. The molecule has 3 nitrogen and oxygen atoms in total. The molecule has 0 radical (unpaired) electrons. The molecule has 0 saturated heterocycles. The van der Waals surface area contributed by atoms with Gasteiger partial charge in [-0.2, -0.15) is 34.2 Å². The van der Waals surface area contributed by atoms with Crippen molar-refractivity contribution in [1.82, 2.24) is 0 Å². The quantitative estimate of drug-likeness (QED) is 0.534. The molecule has 0 saturated carbocycles. The molecule has 2 aromatic rings. The van der Waals surface area contributed by atoms with Crippen LogP contribution in [-0.4, -0.2) is 13.9 Å². The number of alkyl halides is 3. The molecule has 0 aromatic heterocycles. The fourth-order valence-corrected chi connectivity index (χ4v) is 2.25. The number of thiol groups is 1. The summed E-state index contributed by atoms with van der Waals surface area (Å²) in [7, 11) is -5.64. The molecule has 0 bridgehead atoms.